The number of carbonyl (C=O) groups is 2. The number of amides is 2. The van der Waals surface area contributed by atoms with Crippen LogP contribution in [0.2, 0.25) is 0 Å². The molecule has 7 nitrogen and oxygen atoms in total. The second-order valence-electron chi connectivity index (χ2n) is 6.56. The molecule has 1 unspecified atom stereocenters. The number of carbonyl (C=O) groups excluding carboxylic acids is 2. The second-order valence-corrected chi connectivity index (χ2v) is 6.56. The standard InChI is InChI=1S/C16H25N5O2/c22-15-7-6-13(10-21(15)14-4-1-2-5-14)16(23)17-8-3-9-20-11-18-19-12-20/h11-14H,1-10H2,(H,17,23). The van der Waals surface area contributed by atoms with Crippen molar-refractivity contribution in [1.29, 1.82) is 0 Å². The summed E-state index contributed by atoms with van der Waals surface area (Å²) >= 11 is 0. The van der Waals surface area contributed by atoms with Crippen LogP contribution in [0.1, 0.15) is 44.9 Å². The quantitative estimate of drug-likeness (QED) is 0.792. The number of rotatable bonds is 6. The number of aromatic nitrogens is 3. The smallest absolute Gasteiger partial charge is 0.224 e. The van der Waals surface area contributed by atoms with E-state index in [-0.39, 0.29) is 17.7 Å². The molecule has 1 aromatic rings. The molecule has 1 saturated carbocycles. The van der Waals surface area contributed by atoms with Crippen molar-refractivity contribution in [1.82, 2.24) is 25.0 Å². The Morgan fingerprint density at radius 3 is 2.70 bits per heavy atom. The molecule has 0 aromatic carbocycles. The van der Waals surface area contributed by atoms with Crippen LogP contribution in [0, 0.1) is 5.92 Å². The van der Waals surface area contributed by atoms with Crippen LogP contribution >= 0.6 is 0 Å². The number of nitrogens with one attached hydrogen (secondary N) is 1. The monoisotopic (exact) mass is 319 g/mol. The van der Waals surface area contributed by atoms with Crippen molar-refractivity contribution in [2.24, 2.45) is 5.92 Å². The highest BCUT2D eigenvalue weighted by Gasteiger charge is 2.34. The highest BCUT2D eigenvalue weighted by Crippen LogP contribution is 2.28. The summed E-state index contributed by atoms with van der Waals surface area (Å²) in [5.74, 6) is 0.265. The van der Waals surface area contributed by atoms with E-state index in [0.717, 1.165) is 25.8 Å². The van der Waals surface area contributed by atoms with Gasteiger partial charge in [0.15, 0.2) is 0 Å². The van der Waals surface area contributed by atoms with Gasteiger partial charge in [-0.3, -0.25) is 9.59 Å². The fourth-order valence-electron chi connectivity index (χ4n) is 3.61. The molecule has 2 aliphatic rings. The van der Waals surface area contributed by atoms with E-state index in [0.29, 0.717) is 32.0 Å². The van der Waals surface area contributed by atoms with E-state index < -0.39 is 0 Å². The molecule has 7 heteroatoms. The molecule has 2 heterocycles. The molecular formula is C16H25N5O2. The van der Waals surface area contributed by atoms with Crippen LogP contribution in [-0.4, -0.2) is 50.6 Å². The molecule has 23 heavy (non-hydrogen) atoms. The normalized spacial score (nSPS) is 22.5. The van der Waals surface area contributed by atoms with Gasteiger partial charge in [-0.05, 0) is 25.7 Å². The number of aryl methyl sites for hydroxylation is 1. The van der Waals surface area contributed by atoms with E-state index in [2.05, 4.69) is 15.5 Å². The fourth-order valence-corrected chi connectivity index (χ4v) is 3.61. The molecule has 1 N–H and O–H groups in total. The summed E-state index contributed by atoms with van der Waals surface area (Å²) in [4.78, 5) is 26.4. The molecule has 1 aliphatic carbocycles. The third kappa shape index (κ3) is 4.09. The van der Waals surface area contributed by atoms with E-state index in [1.165, 1.54) is 12.8 Å². The van der Waals surface area contributed by atoms with Crippen LogP contribution < -0.4 is 5.32 Å². The third-order valence-corrected chi connectivity index (χ3v) is 4.94. The minimum atomic E-state index is -0.0526. The second kappa shape index (κ2) is 7.57. The van der Waals surface area contributed by atoms with Gasteiger partial charge in [0.25, 0.3) is 0 Å². The van der Waals surface area contributed by atoms with Gasteiger partial charge >= 0.3 is 0 Å². The predicted molar refractivity (Wildman–Crippen MR) is 84.3 cm³/mol. The largest absolute Gasteiger partial charge is 0.356 e. The molecule has 126 valence electrons. The summed E-state index contributed by atoms with van der Waals surface area (Å²) in [5.41, 5.74) is 0. The van der Waals surface area contributed by atoms with E-state index >= 15 is 0 Å². The topological polar surface area (TPSA) is 80.1 Å². The number of piperidine rings is 1. The summed E-state index contributed by atoms with van der Waals surface area (Å²) in [6.07, 6.45) is 9.99. The molecule has 0 radical (unpaired) electrons. The first-order valence-corrected chi connectivity index (χ1v) is 8.63. The molecule has 0 spiro atoms. The summed E-state index contributed by atoms with van der Waals surface area (Å²) in [5, 5.41) is 10.5. The van der Waals surface area contributed by atoms with Gasteiger partial charge < -0.3 is 14.8 Å². The zero-order chi connectivity index (χ0) is 16.1. The highest BCUT2D eigenvalue weighted by molar-refractivity contribution is 5.84. The Morgan fingerprint density at radius 1 is 1.22 bits per heavy atom. The highest BCUT2D eigenvalue weighted by atomic mass is 16.2. The molecule has 3 rings (SSSR count). The lowest BCUT2D eigenvalue weighted by Crippen LogP contribution is -2.49. The number of hydrogen-bond acceptors (Lipinski definition) is 4. The molecule has 2 amide bonds. The maximum atomic E-state index is 12.3. The molecule has 1 aliphatic heterocycles. The Labute approximate surface area is 136 Å². The lowest BCUT2D eigenvalue weighted by molar-refractivity contribution is -0.140. The number of likely N-dealkylation sites (tertiary alicyclic amines) is 1. The average molecular weight is 319 g/mol. The van der Waals surface area contributed by atoms with Crippen LogP contribution in [-0.2, 0) is 16.1 Å². The minimum Gasteiger partial charge on any atom is -0.356 e. The van der Waals surface area contributed by atoms with Crippen LogP contribution in [0.3, 0.4) is 0 Å². The van der Waals surface area contributed by atoms with Gasteiger partial charge in [0.1, 0.15) is 12.7 Å². The van der Waals surface area contributed by atoms with Gasteiger partial charge in [0.2, 0.25) is 11.8 Å². The van der Waals surface area contributed by atoms with Gasteiger partial charge in [-0.1, -0.05) is 12.8 Å². The summed E-state index contributed by atoms with van der Waals surface area (Å²) < 4.78 is 1.90. The number of hydrogen-bond donors (Lipinski definition) is 1. The number of nitrogens with zero attached hydrogens (tertiary/aromatic N) is 4. The lowest BCUT2D eigenvalue weighted by atomic mass is 9.95. The van der Waals surface area contributed by atoms with Crippen LogP contribution in [0.15, 0.2) is 12.7 Å². The van der Waals surface area contributed by atoms with Crippen molar-refractivity contribution in [3.8, 4) is 0 Å². The molecular weight excluding hydrogens is 294 g/mol. The van der Waals surface area contributed by atoms with Gasteiger partial charge in [-0.25, -0.2) is 0 Å². The van der Waals surface area contributed by atoms with E-state index in [9.17, 15) is 9.59 Å². The first kappa shape index (κ1) is 16.0. The molecule has 0 bridgehead atoms. The maximum Gasteiger partial charge on any atom is 0.224 e. The zero-order valence-corrected chi connectivity index (χ0v) is 13.5. The van der Waals surface area contributed by atoms with Crippen LogP contribution in [0.4, 0.5) is 0 Å². The Bertz CT molecular complexity index is 525. The van der Waals surface area contributed by atoms with Crippen LogP contribution in [0.5, 0.6) is 0 Å². The lowest BCUT2D eigenvalue weighted by Gasteiger charge is -2.36. The molecule has 1 aromatic heterocycles. The molecule has 1 atom stereocenters. The minimum absolute atomic E-state index is 0.0526. The Morgan fingerprint density at radius 2 is 1.96 bits per heavy atom. The van der Waals surface area contributed by atoms with Crippen molar-refractivity contribution in [2.75, 3.05) is 13.1 Å². The van der Waals surface area contributed by atoms with Gasteiger partial charge in [0, 0.05) is 32.1 Å². The first-order chi connectivity index (χ1) is 11.2. The fraction of sp³-hybridized carbons (Fsp3) is 0.750. The third-order valence-electron chi connectivity index (χ3n) is 4.94. The predicted octanol–water partition coefficient (Wildman–Crippen LogP) is 0.966. The van der Waals surface area contributed by atoms with Crippen LogP contribution in [0.25, 0.3) is 0 Å². The SMILES string of the molecule is O=C(NCCCn1cnnc1)C1CCC(=O)N(C2CCCC2)C1. The summed E-state index contributed by atoms with van der Waals surface area (Å²) in [7, 11) is 0. The van der Waals surface area contributed by atoms with Gasteiger partial charge in [-0.15, -0.1) is 10.2 Å². The van der Waals surface area contributed by atoms with E-state index in [4.69, 9.17) is 0 Å². The van der Waals surface area contributed by atoms with Crippen molar-refractivity contribution in [3.63, 3.8) is 0 Å². The van der Waals surface area contributed by atoms with Gasteiger partial charge in [-0.2, -0.15) is 0 Å². The Hall–Kier alpha value is -1.92. The summed E-state index contributed by atoms with van der Waals surface area (Å²) in [6.45, 7) is 2.04. The van der Waals surface area contributed by atoms with Gasteiger partial charge in [0.05, 0.1) is 5.92 Å². The zero-order valence-electron chi connectivity index (χ0n) is 13.5. The summed E-state index contributed by atoms with van der Waals surface area (Å²) in [6, 6.07) is 0.367. The Balaban J connectivity index is 1.42. The van der Waals surface area contributed by atoms with E-state index in [1.54, 1.807) is 12.7 Å². The van der Waals surface area contributed by atoms with Crippen molar-refractivity contribution in [3.05, 3.63) is 12.7 Å². The molecule has 1 saturated heterocycles. The molecule has 2 fully saturated rings. The first-order valence-electron chi connectivity index (χ1n) is 8.63. The van der Waals surface area contributed by atoms with Crippen molar-refractivity contribution >= 4 is 11.8 Å². The Kier molecular flexibility index (Phi) is 5.25. The van der Waals surface area contributed by atoms with Crippen molar-refractivity contribution < 1.29 is 9.59 Å². The van der Waals surface area contributed by atoms with E-state index in [1.807, 2.05) is 9.47 Å². The maximum absolute atomic E-state index is 12.3. The average Bonchev–Trinajstić information content (AvgIpc) is 3.25. The van der Waals surface area contributed by atoms with Crippen molar-refractivity contribution in [2.45, 2.75) is 57.5 Å².